The van der Waals surface area contributed by atoms with Crippen molar-refractivity contribution in [2.75, 3.05) is 0 Å². The van der Waals surface area contributed by atoms with Crippen molar-refractivity contribution < 1.29 is 4.79 Å². The van der Waals surface area contributed by atoms with Gasteiger partial charge in [-0.25, -0.2) is 4.98 Å². The summed E-state index contributed by atoms with van der Waals surface area (Å²) >= 11 is 7.92. The minimum Gasteiger partial charge on any atom is -0.366 e. The van der Waals surface area contributed by atoms with Gasteiger partial charge in [-0.1, -0.05) is 42.8 Å². The first-order valence-corrected chi connectivity index (χ1v) is 9.31. The van der Waals surface area contributed by atoms with Crippen molar-refractivity contribution in [3.63, 3.8) is 0 Å². The van der Waals surface area contributed by atoms with Gasteiger partial charge in [-0.3, -0.25) is 4.79 Å². The maximum atomic E-state index is 11.5. The molecule has 3 aromatic rings. The van der Waals surface area contributed by atoms with Crippen LogP contribution in [0.15, 0.2) is 42.5 Å². The SMILES string of the molecule is CCc1cc(-c2sc(Cc3ccccc3Cl)nc2C)ccc1C(N)=O. The van der Waals surface area contributed by atoms with E-state index in [2.05, 4.69) is 0 Å². The van der Waals surface area contributed by atoms with Crippen molar-refractivity contribution in [2.24, 2.45) is 5.73 Å². The van der Waals surface area contributed by atoms with Gasteiger partial charge in [0.15, 0.2) is 0 Å². The first kappa shape index (κ1) is 17.6. The monoisotopic (exact) mass is 370 g/mol. The lowest BCUT2D eigenvalue weighted by Crippen LogP contribution is -2.13. The highest BCUT2D eigenvalue weighted by Crippen LogP contribution is 2.33. The molecule has 0 spiro atoms. The average Bonchev–Trinajstić information content (AvgIpc) is 2.96. The van der Waals surface area contributed by atoms with Crippen LogP contribution in [0.3, 0.4) is 0 Å². The van der Waals surface area contributed by atoms with Crippen LogP contribution >= 0.6 is 22.9 Å². The standard InChI is InChI=1S/C20H19ClN2OS/c1-3-13-10-15(8-9-16(13)20(22)24)19-12(2)23-18(25-19)11-14-6-4-5-7-17(14)21/h4-10H,3,11H2,1-2H3,(H2,22,24). The predicted molar refractivity (Wildman–Crippen MR) is 104 cm³/mol. The number of aryl methyl sites for hydroxylation is 2. The molecule has 0 atom stereocenters. The topological polar surface area (TPSA) is 56.0 Å². The summed E-state index contributed by atoms with van der Waals surface area (Å²) < 4.78 is 0. The van der Waals surface area contributed by atoms with Crippen LogP contribution in [0.1, 0.15) is 39.1 Å². The summed E-state index contributed by atoms with van der Waals surface area (Å²) in [5, 5.41) is 1.79. The van der Waals surface area contributed by atoms with E-state index in [9.17, 15) is 4.79 Å². The molecule has 0 fully saturated rings. The van der Waals surface area contributed by atoms with Gasteiger partial charge in [0.25, 0.3) is 0 Å². The van der Waals surface area contributed by atoms with Crippen LogP contribution in [0.4, 0.5) is 0 Å². The Labute approximate surface area is 156 Å². The number of nitrogens with two attached hydrogens (primary N) is 1. The molecule has 5 heteroatoms. The largest absolute Gasteiger partial charge is 0.366 e. The first-order chi connectivity index (χ1) is 12.0. The average molecular weight is 371 g/mol. The van der Waals surface area contributed by atoms with E-state index in [1.807, 2.05) is 56.3 Å². The number of thiazole rings is 1. The first-order valence-electron chi connectivity index (χ1n) is 8.12. The van der Waals surface area contributed by atoms with E-state index in [1.165, 1.54) is 0 Å². The number of nitrogens with zero attached hydrogens (tertiary/aromatic N) is 1. The molecule has 0 aliphatic carbocycles. The van der Waals surface area contributed by atoms with Gasteiger partial charge >= 0.3 is 0 Å². The fourth-order valence-electron chi connectivity index (χ4n) is 2.87. The summed E-state index contributed by atoms with van der Waals surface area (Å²) in [6, 6.07) is 13.6. The predicted octanol–water partition coefficient (Wildman–Crippen LogP) is 5.02. The quantitative estimate of drug-likeness (QED) is 0.685. The zero-order valence-corrected chi connectivity index (χ0v) is 15.7. The van der Waals surface area contributed by atoms with Crippen molar-refractivity contribution in [3.8, 4) is 10.4 Å². The number of amides is 1. The number of hydrogen-bond donors (Lipinski definition) is 1. The molecular formula is C20H19ClN2OS. The van der Waals surface area contributed by atoms with Gasteiger partial charge in [-0.2, -0.15) is 0 Å². The Morgan fingerprint density at radius 1 is 1.20 bits per heavy atom. The van der Waals surface area contributed by atoms with E-state index in [-0.39, 0.29) is 5.91 Å². The van der Waals surface area contributed by atoms with Gasteiger partial charge in [0, 0.05) is 17.0 Å². The summed E-state index contributed by atoms with van der Waals surface area (Å²) in [5.74, 6) is -0.385. The van der Waals surface area contributed by atoms with Crippen molar-refractivity contribution in [1.82, 2.24) is 4.98 Å². The Kier molecular flexibility index (Phi) is 5.21. The molecule has 1 amide bonds. The van der Waals surface area contributed by atoms with Gasteiger partial charge in [0.05, 0.1) is 15.6 Å². The Morgan fingerprint density at radius 3 is 2.64 bits per heavy atom. The second-order valence-electron chi connectivity index (χ2n) is 5.88. The zero-order chi connectivity index (χ0) is 18.0. The third-order valence-electron chi connectivity index (χ3n) is 4.15. The molecule has 0 saturated carbocycles. The Morgan fingerprint density at radius 2 is 1.96 bits per heavy atom. The molecule has 3 rings (SSSR count). The fourth-order valence-corrected chi connectivity index (χ4v) is 4.15. The zero-order valence-electron chi connectivity index (χ0n) is 14.2. The lowest BCUT2D eigenvalue weighted by molar-refractivity contribution is 0.0999. The number of primary amides is 1. The van der Waals surface area contributed by atoms with E-state index in [0.29, 0.717) is 12.0 Å². The summed E-state index contributed by atoms with van der Waals surface area (Å²) in [7, 11) is 0. The van der Waals surface area contributed by atoms with E-state index >= 15 is 0 Å². The van der Waals surface area contributed by atoms with Crippen LogP contribution in [0.2, 0.25) is 5.02 Å². The van der Waals surface area contributed by atoms with Crippen LogP contribution in [-0.4, -0.2) is 10.9 Å². The van der Waals surface area contributed by atoms with Gasteiger partial charge in [0.2, 0.25) is 5.91 Å². The van der Waals surface area contributed by atoms with Crippen molar-refractivity contribution >= 4 is 28.8 Å². The fraction of sp³-hybridized carbons (Fsp3) is 0.200. The number of hydrogen-bond acceptors (Lipinski definition) is 3. The second-order valence-corrected chi connectivity index (χ2v) is 7.37. The molecule has 3 nitrogen and oxygen atoms in total. The highest BCUT2D eigenvalue weighted by atomic mass is 35.5. The van der Waals surface area contributed by atoms with Crippen LogP contribution in [0.5, 0.6) is 0 Å². The van der Waals surface area contributed by atoms with Crippen molar-refractivity contribution in [2.45, 2.75) is 26.7 Å². The molecule has 0 bridgehead atoms. The molecule has 0 saturated heterocycles. The molecule has 2 aromatic carbocycles. The van der Waals surface area contributed by atoms with E-state index in [0.717, 1.165) is 43.7 Å². The smallest absolute Gasteiger partial charge is 0.248 e. The van der Waals surface area contributed by atoms with Gasteiger partial charge in [0.1, 0.15) is 0 Å². The third-order valence-corrected chi connectivity index (χ3v) is 5.73. The molecule has 1 heterocycles. The van der Waals surface area contributed by atoms with Crippen LogP contribution in [0.25, 0.3) is 10.4 Å². The lowest BCUT2D eigenvalue weighted by atomic mass is 10.0. The van der Waals surface area contributed by atoms with Gasteiger partial charge in [-0.05, 0) is 48.2 Å². The normalized spacial score (nSPS) is 10.8. The van der Waals surface area contributed by atoms with Crippen LogP contribution in [0, 0.1) is 6.92 Å². The minimum absolute atomic E-state index is 0.385. The maximum absolute atomic E-state index is 11.5. The third kappa shape index (κ3) is 3.75. The molecule has 128 valence electrons. The highest BCUT2D eigenvalue weighted by Gasteiger charge is 2.14. The summed E-state index contributed by atoms with van der Waals surface area (Å²) in [4.78, 5) is 17.4. The van der Waals surface area contributed by atoms with Crippen LogP contribution in [-0.2, 0) is 12.8 Å². The molecule has 0 unspecified atom stereocenters. The highest BCUT2D eigenvalue weighted by molar-refractivity contribution is 7.15. The number of carbonyl (C=O) groups excluding carboxylic acids is 1. The Bertz CT molecular complexity index is 933. The Hall–Kier alpha value is -2.17. The molecule has 0 aliphatic rings. The van der Waals surface area contributed by atoms with Crippen molar-refractivity contribution in [1.29, 1.82) is 0 Å². The van der Waals surface area contributed by atoms with Gasteiger partial charge in [-0.15, -0.1) is 11.3 Å². The van der Waals surface area contributed by atoms with E-state index < -0.39 is 0 Å². The molecule has 0 aliphatic heterocycles. The molecule has 1 aromatic heterocycles. The van der Waals surface area contributed by atoms with Gasteiger partial charge < -0.3 is 5.73 Å². The second kappa shape index (κ2) is 7.38. The summed E-state index contributed by atoms with van der Waals surface area (Å²) in [6.45, 7) is 4.03. The van der Waals surface area contributed by atoms with Crippen molar-refractivity contribution in [3.05, 3.63) is 74.9 Å². The Balaban J connectivity index is 1.95. The number of aromatic nitrogens is 1. The van der Waals surface area contributed by atoms with E-state index in [1.54, 1.807) is 11.3 Å². The maximum Gasteiger partial charge on any atom is 0.248 e. The number of benzene rings is 2. The van der Waals surface area contributed by atoms with Crippen LogP contribution < -0.4 is 5.73 Å². The minimum atomic E-state index is -0.385. The number of rotatable bonds is 5. The molecular weight excluding hydrogens is 352 g/mol. The summed E-state index contributed by atoms with van der Waals surface area (Å²) in [6.07, 6.45) is 1.47. The molecule has 2 N–H and O–H groups in total. The lowest BCUT2D eigenvalue weighted by Gasteiger charge is -2.07. The van der Waals surface area contributed by atoms with E-state index in [4.69, 9.17) is 22.3 Å². The molecule has 25 heavy (non-hydrogen) atoms. The number of halogens is 1. The number of carbonyl (C=O) groups is 1. The summed E-state index contributed by atoms with van der Waals surface area (Å²) in [5.41, 5.74) is 10.1. The molecule has 0 radical (unpaired) electrons.